The van der Waals surface area contributed by atoms with Gasteiger partial charge in [-0.3, -0.25) is 9.20 Å². The van der Waals surface area contributed by atoms with E-state index in [1.54, 1.807) is 7.05 Å². The highest BCUT2D eigenvalue weighted by molar-refractivity contribution is 7.86. The first-order valence-corrected chi connectivity index (χ1v) is 10.5. The second-order valence-corrected chi connectivity index (χ2v) is 9.91. The van der Waals surface area contributed by atoms with Gasteiger partial charge in [-0.1, -0.05) is 38.1 Å². The molecule has 4 nitrogen and oxygen atoms in total. The fourth-order valence-electron chi connectivity index (χ4n) is 2.36. The van der Waals surface area contributed by atoms with Crippen molar-refractivity contribution in [1.82, 2.24) is 10.6 Å². The Labute approximate surface area is 156 Å². The quantitative estimate of drug-likeness (QED) is 0.421. The number of rotatable bonds is 8. The molecule has 0 aliphatic rings. The minimum atomic E-state index is -0.839. The molecule has 2 N–H and O–H groups in total. The van der Waals surface area contributed by atoms with E-state index in [9.17, 15) is 4.21 Å². The topological polar surface area (TPSA) is 53.5 Å². The van der Waals surface area contributed by atoms with Gasteiger partial charge in [0.05, 0.1) is 0 Å². The van der Waals surface area contributed by atoms with Crippen LogP contribution in [0.2, 0.25) is 0 Å². The molecule has 5 heteroatoms. The maximum Gasteiger partial charge on any atom is 0.191 e. The molecule has 1 aromatic carbocycles. The van der Waals surface area contributed by atoms with Gasteiger partial charge < -0.3 is 10.6 Å². The SMILES string of the molecule is CN=C(NCCCc1ccc(C(C)C)cc1)NCCS(=O)C(C)(C)C. The summed E-state index contributed by atoms with van der Waals surface area (Å²) in [6.45, 7) is 12.0. The largest absolute Gasteiger partial charge is 0.356 e. The maximum atomic E-state index is 12.0. The molecule has 0 heterocycles. The van der Waals surface area contributed by atoms with Crippen LogP contribution in [0, 0.1) is 0 Å². The summed E-state index contributed by atoms with van der Waals surface area (Å²) < 4.78 is 11.9. The molecular formula is C20H35N3OS. The predicted octanol–water partition coefficient (Wildman–Crippen LogP) is 3.45. The lowest BCUT2D eigenvalue weighted by atomic mass is 10.0. The molecule has 0 fully saturated rings. The zero-order chi connectivity index (χ0) is 18.9. The Morgan fingerprint density at radius 2 is 1.72 bits per heavy atom. The lowest BCUT2D eigenvalue weighted by Gasteiger charge is -2.18. The first kappa shape index (κ1) is 21.7. The van der Waals surface area contributed by atoms with Crippen LogP contribution in [0.1, 0.15) is 58.1 Å². The third-order valence-corrected chi connectivity index (χ3v) is 6.01. The molecule has 142 valence electrons. The molecule has 0 saturated carbocycles. The fourth-order valence-corrected chi connectivity index (χ4v) is 3.26. The summed E-state index contributed by atoms with van der Waals surface area (Å²) in [6, 6.07) is 8.90. The number of aliphatic imine (C=N–C) groups is 1. The van der Waals surface area contributed by atoms with E-state index in [0.717, 1.165) is 25.3 Å². The summed E-state index contributed by atoms with van der Waals surface area (Å²) in [6.07, 6.45) is 2.10. The van der Waals surface area contributed by atoms with E-state index < -0.39 is 10.8 Å². The summed E-state index contributed by atoms with van der Waals surface area (Å²) >= 11 is 0. The maximum absolute atomic E-state index is 12.0. The third-order valence-electron chi connectivity index (χ3n) is 4.07. The Kier molecular flexibility index (Phi) is 9.19. The van der Waals surface area contributed by atoms with E-state index >= 15 is 0 Å². The Balaban J connectivity index is 2.26. The Morgan fingerprint density at radius 3 is 2.24 bits per heavy atom. The Morgan fingerprint density at radius 1 is 1.12 bits per heavy atom. The second-order valence-electron chi connectivity index (χ2n) is 7.59. The molecule has 0 bridgehead atoms. The molecule has 0 spiro atoms. The number of guanidine groups is 1. The van der Waals surface area contributed by atoms with Crippen molar-refractivity contribution in [1.29, 1.82) is 0 Å². The average molecular weight is 366 g/mol. The fraction of sp³-hybridized carbons (Fsp3) is 0.650. The lowest BCUT2D eigenvalue weighted by molar-refractivity contribution is 0.646. The van der Waals surface area contributed by atoms with E-state index in [1.807, 2.05) is 20.8 Å². The van der Waals surface area contributed by atoms with Crippen molar-refractivity contribution in [2.45, 2.75) is 58.1 Å². The highest BCUT2D eigenvalue weighted by atomic mass is 32.2. The van der Waals surface area contributed by atoms with Gasteiger partial charge >= 0.3 is 0 Å². The summed E-state index contributed by atoms with van der Waals surface area (Å²) in [5, 5.41) is 6.56. The average Bonchev–Trinajstić information content (AvgIpc) is 2.56. The minimum absolute atomic E-state index is 0.163. The molecular weight excluding hydrogens is 330 g/mol. The summed E-state index contributed by atoms with van der Waals surface area (Å²) in [7, 11) is 0.926. The zero-order valence-electron chi connectivity index (χ0n) is 16.7. The zero-order valence-corrected chi connectivity index (χ0v) is 17.5. The number of benzene rings is 1. The van der Waals surface area contributed by atoms with Gasteiger partial charge in [-0.2, -0.15) is 0 Å². The van der Waals surface area contributed by atoms with E-state index in [-0.39, 0.29) is 4.75 Å². The van der Waals surface area contributed by atoms with Crippen LogP contribution >= 0.6 is 0 Å². The van der Waals surface area contributed by atoms with Gasteiger partial charge in [0.1, 0.15) is 0 Å². The molecule has 0 aliphatic heterocycles. The van der Waals surface area contributed by atoms with E-state index in [4.69, 9.17) is 0 Å². The van der Waals surface area contributed by atoms with Crippen LogP contribution < -0.4 is 10.6 Å². The van der Waals surface area contributed by atoms with Gasteiger partial charge in [0, 0.05) is 41.4 Å². The number of hydrogen-bond donors (Lipinski definition) is 2. The van der Waals surface area contributed by atoms with Crippen LogP contribution in [-0.2, 0) is 17.2 Å². The van der Waals surface area contributed by atoms with Gasteiger partial charge in [-0.05, 0) is 50.7 Å². The van der Waals surface area contributed by atoms with Gasteiger partial charge in [-0.15, -0.1) is 0 Å². The molecule has 1 unspecified atom stereocenters. The number of nitrogens with zero attached hydrogens (tertiary/aromatic N) is 1. The normalized spacial score (nSPS) is 13.8. The van der Waals surface area contributed by atoms with Crippen LogP contribution in [0.4, 0.5) is 0 Å². The molecule has 25 heavy (non-hydrogen) atoms. The van der Waals surface area contributed by atoms with Crippen molar-refractivity contribution in [2.24, 2.45) is 4.99 Å². The summed E-state index contributed by atoms with van der Waals surface area (Å²) in [5.41, 5.74) is 2.76. The highest BCUT2D eigenvalue weighted by Crippen LogP contribution is 2.15. The first-order chi connectivity index (χ1) is 11.7. The van der Waals surface area contributed by atoms with Crippen molar-refractivity contribution >= 4 is 16.8 Å². The van der Waals surface area contributed by atoms with E-state index in [2.05, 4.69) is 53.7 Å². The van der Waals surface area contributed by atoms with Crippen LogP contribution in [-0.4, -0.2) is 40.8 Å². The minimum Gasteiger partial charge on any atom is -0.356 e. The van der Waals surface area contributed by atoms with Crippen LogP contribution in [0.15, 0.2) is 29.3 Å². The van der Waals surface area contributed by atoms with Gasteiger partial charge in [-0.25, -0.2) is 0 Å². The number of hydrogen-bond acceptors (Lipinski definition) is 2. The van der Waals surface area contributed by atoms with Crippen molar-refractivity contribution in [3.8, 4) is 0 Å². The lowest BCUT2D eigenvalue weighted by Crippen LogP contribution is -2.40. The molecule has 1 aromatic rings. The van der Waals surface area contributed by atoms with Gasteiger partial charge in [0.2, 0.25) is 0 Å². The first-order valence-electron chi connectivity index (χ1n) is 9.16. The molecule has 0 aliphatic carbocycles. The van der Waals surface area contributed by atoms with Crippen molar-refractivity contribution in [2.75, 3.05) is 25.9 Å². The van der Waals surface area contributed by atoms with Crippen molar-refractivity contribution in [3.05, 3.63) is 35.4 Å². The molecule has 1 atom stereocenters. The van der Waals surface area contributed by atoms with Crippen LogP contribution in [0.3, 0.4) is 0 Å². The van der Waals surface area contributed by atoms with Crippen LogP contribution in [0.25, 0.3) is 0 Å². The highest BCUT2D eigenvalue weighted by Gasteiger charge is 2.18. The van der Waals surface area contributed by atoms with Crippen LogP contribution in [0.5, 0.6) is 0 Å². The van der Waals surface area contributed by atoms with Gasteiger partial charge in [0.15, 0.2) is 5.96 Å². The monoisotopic (exact) mass is 365 g/mol. The molecule has 0 saturated heterocycles. The standard InChI is InChI=1S/C20H35N3OS/c1-16(2)18-11-9-17(10-12-18)8-7-13-22-19(21-6)23-14-15-25(24)20(3,4)5/h9-12,16H,7-8,13-15H2,1-6H3,(H2,21,22,23). The van der Waals surface area contributed by atoms with E-state index in [1.165, 1.54) is 11.1 Å². The molecule has 1 rings (SSSR count). The summed E-state index contributed by atoms with van der Waals surface area (Å²) in [5.74, 6) is 1.99. The number of nitrogens with one attached hydrogen (secondary N) is 2. The molecule has 0 radical (unpaired) electrons. The van der Waals surface area contributed by atoms with Crippen molar-refractivity contribution < 1.29 is 4.21 Å². The summed E-state index contributed by atoms with van der Waals surface area (Å²) in [4.78, 5) is 4.22. The molecule has 0 aromatic heterocycles. The molecule has 0 amide bonds. The Hall–Kier alpha value is -1.36. The van der Waals surface area contributed by atoms with E-state index in [0.29, 0.717) is 18.2 Å². The smallest absolute Gasteiger partial charge is 0.191 e. The van der Waals surface area contributed by atoms with Gasteiger partial charge in [0.25, 0.3) is 0 Å². The predicted molar refractivity (Wildman–Crippen MR) is 111 cm³/mol. The number of aryl methyl sites for hydroxylation is 1. The Bertz CT molecular complexity index is 559. The van der Waals surface area contributed by atoms with Crippen molar-refractivity contribution in [3.63, 3.8) is 0 Å². The second kappa shape index (κ2) is 10.6. The third kappa shape index (κ3) is 8.52.